The fourth-order valence-corrected chi connectivity index (χ4v) is 1.70. The third-order valence-corrected chi connectivity index (χ3v) is 2.87. The van der Waals surface area contributed by atoms with Crippen LogP contribution in [0.3, 0.4) is 0 Å². The van der Waals surface area contributed by atoms with Gasteiger partial charge in [0.1, 0.15) is 0 Å². The van der Waals surface area contributed by atoms with E-state index >= 15 is 0 Å². The Morgan fingerprint density at radius 1 is 0.947 bits per heavy atom. The Morgan fingerprint density at radius 3 is 2.11 bits per heavy atom. The fraction of sp³-hybridized carbons (Fsp3) is 0.857. The molecule has 0 aliphatic heterocycles. The van der Waals surface area contributed by atoms with E-state index in [1.165, 1.54) is 19.3 Å². The summed E-state index contributed by atoms with van der Waals surface area (Å²) in [5.41, 5.74) is 0. The summed E-state index contributed by atoms with van der Waals surface area (Å²) >= 11 is 0. The summed E-state index contributed by atoms with van der Waals surface area (Å²) in [5.74, 6) is -0.450. The molecule has 1 amide bonds. The first-order chi connectivity index (χ1) is 9.11. The molecule has 1 N–H and O–H groups in total. The normalized spacial score (nSPS) is 10.2. The Kier molecular flexibility index (Phi) is 11.0. The lowest BCUT2D eigenvalue weighted by Gasteiger charge is -2.17. The molecule has 0 spiro atoms. The van der Waals surface area contributed by atoms with Crippen molar-refractivity contribution in [1.29, 1.82) is 0 Å². The minimum absolute atomic E-state index is 0.244. The SMILES string of the molecule is CCCCCCCCC(=O)ON(CCCC)C(=O)O. The average Bonchev–Trinajstić information content (AvgIpc) is 2.38. The van der Waals surface area contributed by atoms with Gasteiger partial charge in [-0.05, 0) is 12.8 Å². The maximum atomic E-state index is 11.5. The van der Waals surface area contributed by atoms with E-state index < -0.39 is 12.1 Å². The van der Waals surface area contributed by atoms with E-state index in [1.54, 1.807) is 0 Å². The predicted molar refractivity (Wildman–Crippen MR) is 73.7 cm³/mol. The van der Waals surface area contributed by atoms with E-state index in [9.17, 15) is 9.59 Å². The van der Waals surface area contributed by atoms with Crippen LogP contribution in [0.25, 0.3) is 0 Å². The van der Waals surface area contributed by atoms with Gasteiger partial charge in [0, 0.05) is 6.42 Å². The van der Waals surface area contributed by atoms with Gasteiger partial charge in [0.15, 0.2) is 0 Å². The van der Waals surface area contributed by atoms with Gasteiger partial charge in [-0.15, -0.1) is 5.06 Å². The molecule has 19 heavy (non-hydrogen) atoms. The molecule has 5 nitrogen and oxygen atoms in total. The summed E-state index contributed by atoms with van der Waals surface area (Å²) in [6.07, 6.45) is 7.16. The topological polar surface area (TPSA) is 66.8 Å². The number of nitrogens with zero attached hydrogens (tertiary/aromatic N) is 1. The number of amides is 1. The van der Waals surface area contributed by atoms with E-state index in [1.807, 2.05) is 6.92 Å². The van der Waals surface area contributed by atoms with Crippen LogP contribution in [0, 0.1) is 0 Å². The third kappa shape index (κ3) is 10.4. The van der Waals surface area contributed by atoms with Crippen LogP contribution in [0.15, 0.2) is 0 Å². The maximum Gasteiger partial charge on any atom is 0.440 e. The molecular formula is C14H27NO4. The molecule has 5 heteroatoms. The minimum Gasteiger partial charge on any atom is -0.463 e. The molecule has 0 bridgehead atoms. The molecule has 0 saturated carbocycles. The first-order valence-corrected chi connectivity index (χ1v) is 7.33. The zero-order chi connectivity index (χ0) is 14.5. The van der Waals surface area contributed by atoms with Gasteiger partial charge in [-0.25, -0.2) is 9.59 Å². The van der Waals surface area contributed by atoms with Crippen LogP contribution in [0.4, 0.5) is 4.79 Å². The van der Waals surface area contributed by atoms with E-state index in [2.05, 4.69) is 6.92 Å². The number of hydroxylamine groups is 2. The molecule has 0 aromatic heterocycles. The largest absolute Gasteiger partial charge is 0.463 e. The summed E-state index contributed by atoms with van der Waals surface area (Å²) in [6, 6.07) is 0. The lowest BCUT2D eigenvalue weighted by molar-refractivity contribution is -0.180. The predicted octanol–water partition coefficient (Wildman–Crippen LogP) is 3.98. The number of rotatable bonds is 10. The second kappa shape index (κ2) is 11.8. The van der Waals surface area contributed by atoms with E-state index in [0.717, 1.165) is 30.7 Å². The highest BCUT2D eigenvalue weighted by molar-refractivity contribution is 5.72. The zero-order valence-corrected chi connectivity index (χ0v) is 12.2. The zero-order valence-electron chi connectivity index (χ0n) is 12.2. The average molecular weight is 273 g/mol. The van der Waals surface area contributed by atoms with Crippen molar-refractivity contribution in [3.8, 4) is 0 Å². The number of hydrogen-bond acceptors (Lipinski definition) is 3. The van der Waals surface area contributed by atoms with Crippen molar-refractivity contribution < 1.29 is 19.5 Å². The van der Waals surface area contributed by atoms with Crippen molar-refractivity contribution in [1.82, 2.24) is 5.06 Å². The van der Waals surface area contributed by atoms with Crippen LogP contribution in [-0.4, -0.2) is 28.8 Å². The van der Waals surface area contributed by atoms with Crippen molar-refractivity contribution in [3.05, 3.63) is 0 Å². The van der Waals surface area contributed by atoms with Crippen molar-refractivity contribution in [2.24, 2.45) is 0 Å². The highest BCUT2D eigenvalue weighted by Gasteiger charge is 2.16. The van der Waals surface area contributed by atoms with Crippen LogP contribution in [-0.2, 0) is 9.63 Å². The standard InChI is InChI=1S/C14H27NO4/c1-3-5-7-8-9-10-11-13(16)19-15(14(17)18)12-6-4-2/h3-12H2,1-2H3,(H,17,18). The van der Waals surface area contributed by atoms with Crippen LogP contribution in [0.1, 0.15) is 71.6 Å². The monoisotopic (exact) mass is 273 g/mol. The lowest BCUT2D eigenvalue weighted by Crippen LogP contribution is -2.33. The molecule has 0 fully saturated rings. The van der Waals surface area contributed by atoms with Crippen molar-refractivity contribution in [2.45, 2.75) is 71.6 Å². The highest BCUT2D eigenvalue weighted by Crippen LogP contribution is 2.08. The Bertz CT molecular complexity index is 256. The van der Waals surface area contributed by atoms with Gasteiger partial charge in [0.05, 0.1) is 6.54 Å². The van der Waals surface area contributed by atoms with Crippen LogP contribution >= 0.6 is 0 Å². The summed E-state index contributed by atoms with van der Waals surface area (Å²) in [7, 11) is 0. The second-order valence-corrected chi connectivity index (χ2v) is 4.72. The molecule has 112 valence electrons. The molecule has 0 unspecified atom stereocenters. The maximum absolute atomic E-state index is 11.5. The number of carbonyl (C=O) groups excluding carboxylic acids is 1. The molecule has 0 aromatic rings. The van der Waals surface area contributed by atoms with Crippen LogP contribution < -0.4 is 0 Å². The number of carbonyl (C=O) groups is 2. The van der Waals surface area contributed by atoms with Crippen LogP contribution in [0.5, 0.6) is 0 Å². The highest BCUT2D eigenvalue weighted by atomic mass is 16.7. The van der Waals surface area contributed by atoms with Gasteiger partial charge in [-0.3, -0.25) is 0 Å². The minimum atomic E-state index is -1.20. The second-order valence-electron chi connectivity index (χ2n) is 4.72. The van der Waals surface area contributed by atoms with Crippen LogP contribution in [0.2, 0.25) is 0 Å². The molecule has 0 radical (unpaired) electrons. The number of carboxylic acid groups (broad SMARTS) is 1. The van der Waals surface area contributed by atoms with Crippen molar-refractivity contribution in [3.63, 3.8) is 0 Å². The van der Waals surface area contributed by atoms with Gasteiger partial charge >= 0.3 is 12.1 Å². The lowest BCUT2D eigenvalue weighted by atomic mass is 10.1. The van der Waals surface area contributed by atoms with Crippen molar-refractivity contribution >= 4 is 12.1 Å². The smallest absolute Gasteiger partial charge is 0.440 e. The molecule has 0 aliphatic rings. The Morgan fingerprint density at radius 2 is 1.53 bits per heavy atom. The molecule has 0 atom stereocenters. The van der Waals surface area contributed by atoms with E-state index in [-0.39, 0.29) is 6.54 Å². The molecule has 0 rings (SSSR count). The molecule has 0 saturated heterocycles. The van der Waals surface area contributed by atoms with Gasteiger partial charge in [0.2, 0.25) is 0 Å². The summed E-state index contributed by atoms with van der Waals surface area (Å²) in [6.45, 7) is 4.36. The Labute approximate surface area is 115 Å². The van der Waals surface area contributed by atoms with Gasteiger partial charge in [-0.2, -0.15) is 0 Å². The fourth-order valence-electron chi connectivity index (χ4n) is 1.70. The summed E-state index contributed by atoms with van der Waals surface area (Å²) in [5, 5.41) is 9.61. The van der Waals surface area contributed by atoms with Gasteiger partial charge in [-0.1, -0.05) is 52.4 Å². The third-order valence-electron chi connectivity index (χ3n) is 2.87. The summed E-state index contributed by atoms with van der Waals surface area (Å²) in [4.78, 5) is 27.2. The Hall–Kier alpha value is -1.26. The molecule has 0 aromatic carbocycles. The Balaban J connectivity index is 3.71. The van der Waals surface area contributed by atoms with E-state index in [4.69, 9.17) is 9.94 Å². The first-order valence-electron chi connectivity index (χ1n) is 7.33. The van der Waals surface area contributed by atoms with E-state index in [0.29, 0.717) is 12.8 Å². The molecule has 0 heterocycles. The van der Waals surface area contributed by atoms with Gasteiger partial charge in [0.25, 0.3) is 0 Å². The number of unbranched alkanes of at least 4 members (excludes halogenated alkanes) is 6. The molecular weight excluding hydrogens is 246 g/mol. The van der Waals surface area contributed by atoms with Crippen molar-refractivity contribution in [2.75, 3.05) is 6.54 Å². The number of hydrogen-bond donors (Lipinski definition) is 1. The first kappa shape index (κ1) is 17.7. The molecule has 0 aliphatic carbocycles. The summed E-state index contributed by atoms with van der Waals surface area (Å²) < 4.78 is 0. The van der Waals surface area contributed by atoms with Gasteiger partial charge < -0.3 is 9.94 Å². The quantitative estimate of drug-likeness (QED) is 0.483.